The third kappa shape index (κ3) is 4.71. The van der Waals surface area contributed by atoms with Gasteiger partial charge in [-0.25, -0.2) is 4.98 Å². The fraction of sp³-hybridized carbons (Fsp3) is 0.583. The van der Waals surface area contributed by atoms with Gasteiger partial charge in [0.2, 0.25) is 0 Å². The molecule has 0 atom stereocenters. The van der Waals surface area contributed by atoms with Crippen LogP contribution in [0.15, 0.2) is 5.38 Å². The third-order valence-corrected chi connectivity index (χ3v) is 3.35. The molecule has 0 aromatic carbocycles. The van der Waals surface area contributed by atoms with Crippen LogP contribution in [0.5, 0.6) is 5.19 Å². The molecule has 0 saturated heterocycles. The zero-order chi connectivity index (χ0) is 15.2. The molecule has 0 saturated carbocycles. The van der Waals surface area contributed by atoms with Crippen LogP contribution < -0.4 is 4.74 Å². The van der Waals surface area contributed by atoms with Crippen LogP contribution in [0.4, 0.5) is 13.2 Å². The van der Waals surface area contributed by atoms with Crippen molar-refractivity contribution >= 4 is 11.3 Å². The van der Waals surface area contributed by atoms with Crippen molar-refractivity contribution < 1.29 is 17.9 Å². The van der Waals surface area contributed by atoms with Crippen molar-refractivity contribution in [3.05, 3.63) is 11.1 Å². The van der Waals surface area contributed by atoms with Gasteiger partial charge in [0.05, 0.1) is 24.4 Å². The molecule has 1 aromatic heterocycles. The molecule has 0 aliphatic rings. The first-order valence-corrected chi connectivity index (χ1v) is 6.68. The maximum Gasteiger partial charge on any atom is 0.389 e. The lowest BCUT2D eigenvalue weighted by Crippen LogP contribution is -2.23. The average Bonchev–Trinajstić information content (AvgIpc) is 2.81. The Morgan fingerprint density at radius 1 is 1.30 bits per heavy atom. The zero-order valence-electron chi connectivity index (χ0n) is 10.7. The van der Waals surface area contributed by atoms with E-state index in [1.165, 1.54) is 11.3 Å². The summed E-state index contributed by atoms with van der Waals surface area (Å²) in [5.41, 5.74) is -1.32. The molecule has 0 radical (unpaired) electrons. The number of nitriles is 2. The predicted octanol–water partition coefficient (Wildman–Crippen LogP) is 3.46. The van der Waals surface area contributed by atoms with Gasteiger partial charge in [0.1, 0.15) is 5.41 Å². The number of hydrogen-bond acceptors (Lipinski definition) is 5. The number of ether oxygens (including phenoxy) is 1. The number of aromatic nitrogens is 1. The summed E-state index contributed by atoms with van der Waals surface area (Å²) >= 11 is 1.19. The first-order valence-electron chi connectivity index (χ1n) is 5.80. The Hall–Kier alpha value is -1.80. The van der Waals surface area contributed by atoms with E-state index in [0.717, 1.165) is 0 Å². The molecule has 0 unspecified atom stereocenters. The molecular formula is C12H12F3N3OS. The number of rotatable bonds is 6. The monoisotopic (exact) mass is 303 g/mol. The summed E-state index contributed by atoms with van der Waals surface area (Å²) in [5, 5.41) is 20.1. The number of thiazole rings is 1. The number of halogens is 3. The Kier molecular flexibility index (Phi) is 5.34. The quantitative estimate of drug-likeness (QED) is 0.807. The highest BCUT2D eigenvalue weighted by molar-refractivity contribution is 7.11. The Labute approximate surface area is 118 Å². The normalized spacial score (nSPS) is 11.7. The lowest BCUT2D eigenvalue weighted by atomic mass is 9.82. The minimum atomic E-state index is -4.39. The van der Waals surface area contributed by atoms with Gasteiger partial charge in [-0.05, 0) is 13.3 Å². The minimum Gasteiger partial charge on any atom is -0.470 e. The van der Waals surface area contributed by atoms with Crippen LogP contribution in [0.25, 0.3) is 0 Å². The van der Waals surface area contributed by atoms with Gasteiger partial charge in [-0.2, -0.15) is 23.7 Å². The molecule has 4 nitrogen and oxygen atoms in total. The van der Waals surface area contributed by atoms with Crippen LogP contribution in [0.2, 0.25) is 0 Å². The Balaban J connectivity index is 2.81. The van der Waals surface area contributed by atoms with Crippen molar-refractivity contribution in [3.63, 3.8) is 0 Å². The fourth-order valence-corrected chi connectivity index (χ4v) is 2.26. The van der Waals surface area contributed by atoms with Crippen LogP contribution in [0.1, 0.15) is 25.5 Å². The van der Waals surface area contributed by atoms with Crippen LogP contribution in [-0.4, -0.2) is 17.8 Å². The van der Waals surface area contributed by atoms with Gasteiger partial charge in [-0.3, -0.25) is 0 Å². The summed E-state index contributed by atoms with van der Waals surface area (Å²) in [4.78, 5) is 4.04. The Morgan fingerprint density at radius 3 is 2.45 bits per heavy atom. The molecule has 1 rings (SSSR count). The molecule has 0 fully saturated rings. The van der Waals surface area contributed by atoms with Gasteiger partial charge >= 0.3 is 6.18 Å². The van der Waals surface area contributed by atoms with Gasteiger partial charge in [0.15, 0.2) is 0 Å². The minimum absolute atomic E-state index is 0.139. The highest BCUT2D eigenvalue weighted by atomic mass is 32.1. The molecule has 20 heavy (non-hydrogen) atoms. The van der Waals surface area contributed by atoms with E-state index in [4.69, 9.17) is 15.3 Å². The molecule has 1 aromatic rings. The summed E-state index contributed by atoms with van der Waals surface area (Å²) in [6, 6.07) is 3.38. The van der Waals surface area contributed by atoms with E-state index in [0.29, 0.717) is 17.5 Å². The van der Waals surface area contributed by atoms with Crippen molar-refractivity contribution in [2.24, 2.45) is 5.41 Å². The van der Waals surface area contributed by atoms with Crippen LogP contribution in [0.3, 0.4) is 0 Å². The summed E-state index contributed by atoms with van der Waals surface area (Å²) in [6.07, 6.45) is -6.27. The summed E-state index contributed by atoms with van der Waals surface area (Å²) in [7, 11) is 0. The van der Waals surface area contributed by atoms with Crippen molar-refractivity contribution in [2.75, 3.05) is 6.61 Å². The molecule has 108 valence electrons. The fourth-order valence-electron chi connectivity index (χ4n) is 1.53. The number of nitrogens with zero attached hydrogens (tertiary/aromatic N) is 3. The molecule has 1 heterocycles. The molecule has 0 amide bonds. The molecule has 0 N–H and O–H groups in total. The van der Waals surface area contributed by atoms with Crippen LogP contribution in [0, 0.1) is 28.1 Å². The topological polar surface area (TPSA) is 69.7 Å². The van der Waals surface area contributed by atoms with E-state index in [1.807, 2.05) is 0 Å². The van der Waals surface area contributed by atoms with Gasteiger partial charge in [-0.15, -0.1) is 0 Å². The lowest BCUT2D eigenvalue weighted by Gasteiger charge is -2.18. The summed E-state index contributed by atoms with van der Waals surface area (Å²) in [5.74, 6) is 0. The SMILES string of the molecule is CCOc1nc(CC(C#N)(C#N)CCC(F)(F)F)cs1. The standard InChI is InChI=1S/C12H12F3N3OS/c1-2-19-10-18-9(6-20-10)5-11(7-16,8-17)3-4-12(13,14)15/h6H,2-5H2,1H3. The van der Waals surface area contributed by atoms with Gasteiger partial charge in [0.25, 0.3) is 5.19 Å². The summed E-state index contributed by atoms with van der Waals surface area (Å²) < 4.78 is 41.9. The second kappa shape index (κ2) is 6.58. The smallest absolute Gasteiger partial charge is 0.389 e. The van der Waals surface area contributed by atoms with E-state index in [1.54, 1.807) is 24.4 Å². The molecular weight excluding hydrogens is 291 g/mol. The molecule has 0 aliphatic heterocycles. The van der Waals surface area contributed by atoms with Gasteiger partial charge in [-0.1, -0.05) is 11.3 Å². The van der Waals surface area contributed by atoms with Crippen LogP contribution in [-0.2, 0) is 6.42 Å². The maximum atomic E-state index is 12.2. The first-order chi connectivity index (χ1) is 9.34. The van der Waals surface area contributed by atoms with Gasteiger partial charge < -0.3 is 4.74 Å². The van der Waals surface area contributed by atoms with Crippen molar-refractivity contribution in [2.45, 2.75) is 32.4 Å². The molecule has 0 aliphatic carbocycles. The van der Waals surface area contributed by atoms with E-state index in [9.17, 15) is 13.2 Å². The number of hydrogen-bond donors (Lipinski definition) is 0. The molecule has 0 spiro atoms. The molecule has 8 heteroatoms. The largest absolute Gasteiger partial charge is 0.470 e. The highest BCUT2D eigenvalue weighted by Gasteiger charge is 2.37. The Bertz CT molecular complexity index is 513. The third-order valence-electron chi connectivity index (χ3n) is 2.54. The van der Waals surface area contributed by atoms with E-state index < -0.39 is 24.4 Å². The number of alkyl halides is 3. The molecule has 0 bridgehead atoms. The second-order valence-electron chi connectivity index (χ2n) is 4.14. The van der Waals surface area contributed by atoms with E-state index in [-0.39, 0.29) is 6.42 Å². The zero-order valence-corrected chi connectivity index (χ0v) is 11.5. The Morgan fingerprint density at radius 2 is 1.95 bits per heavy atom. The van der Waals surface area contributed by atoms with Crippen molar-refractivity contribution in [1.82, 2.24) is 4.98 Å². The second-order valence-corrected chi connectivity index (χ2v) is 4.96. The van der Waals surface area contributed by atoms with E-state index in [2.05, 4.69) is 4.98 Å². The summed E-state index contributed by atoms with van der Waals surface area (Å²) in [6.45, 7) is 2.20. The average molecular weight is 303 g/mol. The highest BCUT2D eigenvalue weighted by Crippen LogP contribution is 2.34. The van der Waals surface area contributed by atoms with Crippen LogP contribution >= 0.6 is 11.3 Å². The first kappa shape index (κ1) is 16.3. The van der Waals surface area contributed by atoms with Gasteiger partial charge in [0, 0.05) is 18.2 Å². The van der Waals surface area contributed by atoms with E-state index >= 15 is 0 Å². The van der Waals surface area contributed by atoms with Crippen molar-refractivity contribution in [1.29, 1.82) is 10.5 Å². The van der Waals surface area contributed by atoms with Crippen molar-refractivity contribution in [3.8, 4) is 17.3 Å². The predicted molar refractivity (Wildman–Crippen MR) is 65.9 cm³/mol. The maximum absolute atomic E-state index is 12.2. The lowest BCUT2D eigenvalue weighted by molar-refractivity contribution is -0.138.